The van der Waals surface area contributed by atoms with Crippen LogP contribution in [0, 0.1) is 0 Å². The summed E-state index contributed by atoms with van der Waals surface area (Å²) in [6, 6.07) is 3.95. The zero-order valence-corrected chi connectivity index (χ0v) is 14.1. The van der Waals surface area contributed by atoms with Gasteiger partial charge in [0.05, 0.1) is 21.3 Å². The van der Waals surface area contributed by atoms with Crippen LogP contribution in [-0.2, 0) is 6.54 Å². The lowest BCUT2D eigenvalue weighted by Crippen LogP contribution is -2.43. The van der Waals surface area contributed by atoms with Crippen LogP contribution < -0.4 is 19.5 Å². The molecule has 1 aliphatic rings. The molecule has 1 aromatic rings. The molecule has 5 heteroatoms. The van der Waals surface area contributed by atoms with Gasteiger partial charge in [0.2, 0.25) is 5.75 Å². The minimum absolute atomic E-state index is 0.434. The maximum Gasteiger partial charge on any atom is 0.203 e. The van der Waals surface area contributed by atoms with Crippen LogP contribution in [-0.4, -0.2) is 38.9 Å². The topological polar surface area (TPSA) is 39.7 Å². The highest BCUT2D eigenvalue weighted by Gasteiger charge is 2.35. The smallest absolute Gasteiger partial charge is 0.203 e. The van der Waals surface area contributed by atoms with Crippen LogP contribution in [0.5, 0.6) is 17.2 Å². The highest BCUT2D eigenvalue weighted by molar-refractivity contribution is 8.00. The molecule has 0 radical (unpaired) electrons. The van der Waals surface area contributed by atoms with E-state index in [9.17, 15) is 0 Å². The molecular formula is C16H25NO3S. The van der Waals surface area contributed by atoms with E-state index < -0.39 is 0 Å². The normalized spacial score (nSPS) is 16.2. The van der Waals surface area contributed by atoms with Crippen molar-refractivity contribution in [3.05, 3.63) is 17.7 Å². The van der Waals surface area contributed by atoms with Crippen molar-refractivity contribution in [1.29, 1.82) is 0 Å². The van der Waals surface area contributed by atoms with Gasteiger partial charge in [-0.15, -0.1) is 0 Å². The first kappa shape index (κ1) is 16.3. The van der Waals surface area contributed by atoms with Crippen LogP contribution in [0.3, 0.4) is 0 Å². The highest BCUT2D eigenvalue weighted by Crippen LogP contribution is 2.43. The molecule has 118 valence electrons. The quantitative estimate of drug-likeness (QED) is 0.799. The van der Waals surface area contributed by atoms with E-state index in [1.807, 2.05) is 23.9 Å². The fraction of sp³-hybridized carbons (Fsp3) is 0.625. The molecule has 0 saturated heterocycles. The monoisotopic (exact) mass is 311 g/mol. The van der Waals surface area contributed by atoms with E-state index in [-0.39, 0.29) is 0 Å². The van der Waals surface area contributed by atoms with Crippen molar-refractivity contribution in [2.45, 2.75) is 30.6 Å². The highest BCUT2D eigenvalue weighted by atomic mass is 32.2. The van der Waals surface area contributed by atoms with Crippen molar-refractivity contribution < 1.29 is 14.2 Å². The van der Waals surface area contributed by atoms with Crippen molar-refractivity contribution in [2.75, 3.05) is 34.1 Å². The number of methoxy groups -OCH3 is 3. The first-order valence-corrected chi connectivity index (χ1v) is 8.46. The third-order valence-corrected chi connectivity index (χ3v) is 5.66. The minimum atomic E-state index is 0.434. The Balaban J connectivity index is 2.05. The first-order chi connectivity index (χ1) is 10.2. The van der Waals surface area contributed by atoms with Crippen LogP contribution >= 0.6 is 11.8 Å². The lowest BCUT2D eigenvalue weighted by atomic mass is 9.84. The lowest BCUT2D eigenvalue weighted by molar-refractivity contribution is 0.319. The Morgan fingerprint density at radius 1 is 1.10 bits per heavy atom. The van der Waals surface area contributed by atoms with E-state index in [1.54, 1.807) is 21.3 Å². The van der Waals surface area contributed by atoms with Gasteiger partial charge >= 0.3 is 0 Å². The van der Waals surface area contributed by atoms with E-state index >= 15 is 0 Å². The summed E-state index contributed by atoms with van der Waals surface area (Å²) in [6.45, 7) is 1.80. The van der Waals surface area contributed by atoms with Crippen LogP contribution in [0.1, 0.15) is 24.8 Å². The van der Waals surface area contributed by atoms with Crippen LogP contribution in [0.15, 0.2) is 12.1 Å². The predicted molar refractivity (Wildman–Crippen MR) is 87.9 cm³/mol. The summed E-state index contributed by atoms with van der Waals surface area (Å²) in [5.74, 6) is 2.09. The molecule has 0 spiro atoms. The van der Waals surface area contributed by atoms with Crippen molar-refractivity contribution in [2.24, 2.45) is 0 Å². The van der Waals surface area contributed by atoms with Gasteiger partial charge in [-0.2, -0.15) is 11.8 Å². The molecule has 1 N–H and O–H groups in total. The molecule has 2 rings (SSSR count). The molecule has 1 aliphatic carbocycles. The Morgan fingerprint density at radius 2 is 1.81 bits per heavy atom. The summed E-state index contributed by atoms with van der Waals surface area (Å²) in [4.78, 5) is 0. The lowest BCUT2D eigenvalue weighted by Gasteiger charge is -2.40. The SMILES string of the molecule is COc1ccc(CNCC2(SC)CCC2)c(OC)c1OC. The van der Waals surface area contributed by atoms with Crippen LogP contribution in [0.2, 0.25) is 0 Å². The molecule has 0 amide bonds. The van der Waals surface area contributed by atoms with Crippen LogP contribution in [0.4, 0.5) is 0 Å². The minimum Gasteiger partial charge on any atom is -0.493 e. The zero-order chi connectivity index (χ0) is 15.3. The van der Waals surface area contributed by atoms with Crippen molar-refractivity contribution in [1.82, 2.24) is 5.32 Å². The van der Waals surface area contributed by atoms with Gasteiger partial charge in [-0.1, -0.05) is 12.5 Å². The molecule has 0 atom stereocenters. The second kappa shape index (κ2) is 7.27. The average Bonchev–Trinajstić information content (AvgIpc) is 2.48. The van der Waals surface area contributed by atoms with Crippen molar-refractivity contribution >= 4 is 11.8 Å². The van der Waals surface area contributed by atoms with Gasteiger partial charge in [0.15, 0.2) is 11.5 Å². The molecule has 0 bridgehead atoms. The molecule has 1 fully saturated rings. The number of ether oxygens (including phenoxy) is 3. The molecule has 0 heterocycles. The number of hydrogen-bond acceptors (Lipinski definition) is 5. The Kier molecular flexibility index (Phi) is 5.65. The zero-order valence-electron chi connectivity index (χ0n) is 13.3. The number of nitrogens with one attached hydrogen (secondary N) is 1. The molecule has 1 aromatic carbocycles. The van der Waals surface area contributed by atoms with Crippen molar-refractivity contribution in [3.63, 3.8) is 0 Å². The third-order valence-electron chi connectivity index (χ3n) is 4.25. The standard InChI is InChI=1S/C16H25NO3S/c1-18-13-7-6-12(14(19-2)15(13)20-3)10-17-11-16(21-4)8-5-9-16/h6-7,17H,5,8-11H2,1-4H3. The van der Waals surface area contributed by atoms with Crippen LogP contribution in [0.25, 0.3) is 0 Å². The van der Waals surface area contributed by atoms with Gasteiger partial charge in [-0.3, -0.25) is 0 Å². The molecule has 21 heavy (non-hydrogen) atoms. The predicted octanol–water partition coefficient (Wildman–Crippen LogP) is 3.09. The maximum absolute atomic E-state index is 5.51. The summed E-state index contributed by atoms with van der Waals surface area (Å²) in [7, 11) is 4.93. The number of benzene rings is 1. The largest absolute Gasteiger partial charge is 0.493 e. The number of rotatable bonds is 8. The summed E-state index contributed by atoms with van der Waals surface area (Å²) in [5.41, 5.74) is 1.09. The Bertz CT molecular complexity index is 469. The molecule has 4 nitrogen and oxygen atoms in total. The third kappa shape index (κ3) is 3.40. The number of hydrogen-bond donors (Lipinski definition) is 1. The molecule has 1 saturated carbocycles. The van der Waals surface area contributed by atoms with E-state index in [0.717, 1.165) is 24.4 Å². The van der Waals surface area contributed by atoms with Gasteiger partial charge in [-0.25, -0.2) is 0 Å². The maximum atomic E-state index is 5.51. The fourth-order valence-electron chi connectivity index (χ4n) is 2.75. The molecule has 0 unspecified atom stereocenters. The van der Waals surface area contributed by atoms with Crippen molar-refractivity contribution in [3.8, 4) is 17.2 Å². The van der Waals surface area contributed by atoms with Gasteiger partial charge < -0.3 is 19.5 Å². The van der Waals surface area contributed by atoms with Gasteiger partial charge in [0, 0.05) is 23.4 Å². The average molecular weight is 311 g/mol. The van der Waals surface area contributed by atoms with E-state index in [4.69, 9.17) is 14.2 Å². The summed E-state index contributed by atoms with van der Waals surface area (Å²) in [6.07, 6.45) is 6.18. The molecule has 0 aromatic heterocycles. The first-order valence-electron chi connectivity index (χ1n) is 7.23. The van der Waals surface area contributed by atoms with Gasteiger partial charge in [0.25, 0.3) is 0 Å². The fourth-order valence-corrected chi connectivity index (χ4v) is 3.69. The summed E-state index contributed by atoms with van der Waals surface area (Å²) < 4.78 is 16.7. The number of thioether (sulfide) groups is 1. The Morgan fingerprint density at radius 3 is 2.29 bits per heavy atom. The van der Waals surface area contributed by atoms with E-state index in [1.165, 1.54) is 19.3 Å². The van der Waals surface area contributed by atoms with E-state index in [0.29, 0.717) is 16.2 Å². The molecule has 0 aliphatic heterocycles. The van der Waals surface area contributed by atoms with Gasteiger partial charge in [-0.05, 0) is 25.2 Å². The second-order valence-corrected chi connectivity index (χ2v) is 6.61. The second-order valence-electron chi connectivity index (χ2n) is 5.34. The Hall–Kier alpha value is -1.07. The summed E-state index contributed by atoms with van der Waals surface area (Å²) >= 11 is 1.98. The van der Waals surface area contributed by atoms with Gasteiger partial charge in [0.1, 0.15) is 0 Å². The van der Waals surface area contributed by atoms with E-state index in [2.05, 4.69) is 11.6 Å². The Labute approximate surface area is 131 Å². The summed E-state index contributed by atoms with van der Waals surface area (Å²) in [5, 5.41) is 3.56. The molecular weight excluding hydrogens is 286 g/mol.